The van der Waals surface area contributed by atoms with Crippen molar-refractivity contribution in [1.82, 2.24) is 4.98 Å². The van der Waals surface area contributed by atoms with Crippen LogP contribution in [0.5, 0.6) is 5.75 Å². The van der Waals surface area contributed by atoms with Crippen LogP contribution >= 0.6 is 11.3 Å². The van der Waals surface area contributed by atoms with E-state index < -0.39 is 0 Å². The van der Waals surface area contributed by atoms with Gasteiger partial charge >= 0.3 is 0 Å². The van der Waals surface area contributed by atoms with Gasteiger partial charge in [-0.15, -0.1) is 0 Å². The van der Waals surface area contributed by atoms with Crippen LogP contribution in [-0.4, -0.2) is 36.8 Å². The quantitative estimate of drug-likeness (QED) is 0.391. The van der Waals surface area contributed by atoms with Crippen molar-refractivity contribution in [3.8, 4) is 5.75 Å². The van der Waals surface area contributed by atoms with Gasteiger partial charge in [0.15, 0.2) is 5.13 Å². The molecule has 164 valence electrons. The van der Waals surface area contributed by atoms with Crippen molar-refractivity contribution >= 4 is 32.6 Å². The van der Waals surface area contributed by atoms with E-state index in [4.69, 9.17) is 9.47 Å². The fourth-order valence-corrected chi connectivity index (χ4v) is 4.66. The zero-order valence-electron chi connectivity index (χ0n) is 17.7. The maximum atomic E-state index is 14.2. The van der Waals surface area contributed by atoms with Gasteiger partial charge in [-0.05, 0) is 49.6 Å². The number of hydrogen-bond acceptors (Lipinski definition) is 5. The lowest BCUT2D eigenvalue weighted by atomic mass is 10.1. The van der Waals surface area contributed by atoms with Crippen molar-refractivity contribution in [2.45, 2.75) is 45.1 Å². The molecule has 1 saturated heterocycles. The Balaban J connectivity index is 1.60. The highest BCUT2D eigenvalue weighted by Gasteiger charge is 2.27. The summed E-state index contributed by atoms with van der Waals surface area (Å²) in [7, 11) is 0. The Hall–Kier alpha value is -2.51. The number of rotatable bonds is 9. The van der Waals surface area contributed by atoms with Crippen LogP contribution in [0.1, 0.15) is 49.4 Å². The topological polar surface area (TPSA) is 51.7 Å². The van der Waals surface area contributed by atoms with E-state index in [-0.39, 0.29) is 17.8 Å². The zero-order chi connectivity index (χ0) is 21.6. The van der Waals surface area contributed by atoms with Crippen LogP contribution < -0.4 is 9.64 Å². The molecule has 31 heavy (non-hydrogen) atoms. The van der Waals surface area contributed by atoms with Crippen molar-refractivity contribution in [3.63, 3.8) is 0 Å². The summed E-state index contributed by atoms with van der Waals surface area (Å²) in [5, 5.41) is 0.481. The average Bonchev–Trinajstić information content (AvgIpc) is 3.45. The second-order valence-electron chi connectivity index (χ2n) is 7.72. The molecule has 1 aromatic heterocycles. The minimum Gasteiger partial charge on any atom is -0.494 e. The number of fused-ring (bicyclic) bond motifs is 1. The molecule has 0 N–H and O–H groups in total. The summed E-state index contributed by atoms with van der Waals surface area (Å²) < 4.78 is 26.5. The first-order chi connectivity index (χ1) is 15.2. The van der Waals surface area contributed by atoms with Gasteiger partial charge in [-0.25, -0.2) is 9.37 Å². The Labute approximate surface area is 185 Å². The van der Waals surface area contributed by atoms with Gasteiger partial charge in [-0.2, -0.15) is 0 Å². The molecule has 0 spiro atoms. The summed E-state index contributed by atoms with van der Waals surface area (Å²) in [5.74, 6) is 0.107. The fourth-order valence-electron chi connectivity index (χ4n) is 3.68. The number of ether oxygens (including phenoxy) is 2. The van der Waals surface area contributed by atoms with Crippen molar-refractivity contribution in [2.24, 2.45) is 0 Å². The molecule has 0 saturated carbocycles. The van der Waals surface area contributed by atoms with E-state index in [0.29, 0.717) is 46.4 Å². The van der Waals surface area contributed by atoms with E-state index in [1.165, 1.54) is 17.4 Å². The Bertz CT molecular complexity index is 1030. The first-order valence-electron chi connectivity index (χ1n) is 10.9. The molecule has 7 heteroatoms. The Morgan fingerprint density at radius 2 is 2.16 bits per heavy atom. The Morgan fingerprint density at radius 3 is 2.94 bits per heavy atom. The highest BCUT2D eigenvalue weighted by molar-refractivity contribution is 7.22. The lowest BCUT2D eigenvalue weighted by molar-refractivity contribution is 0.0917. The molecule has 3 aromatic rings. The molecular formula is C24H27FN2O3S. The summed E-state index contributed by atoms with van der Waals surface area (Å²) in [5.41, 5.74) is 0.811. The Kier molecular flexibility index (Phi) is 7.14. The number of halogens is 1. The second kappa shape index (κ2) is 10.2. The number of carbonyl (C=O) groups is 1. The van der Waals surface area contributed by atoms with Crippen LogP contribution in [0.3, 0.4) is 0 Å². The summed E-state index contributed by atoms with van der Waals surface area (Å²) in [6.45, 7) is 3.86. The lowest BCUT2D eigenvalue weighted by Gasteiger charge is -2.23. The predicted molar refractivity (Wildman–Crippen MR) is 122 cm³/mol. The third kappa shape index (κ3) is 5.22. The predicted octanol–water partition coefficient (Wildman–Crippen LogP) is 5.83. The van der Waals surface area contributed by atoms with Gasteiger partial charge in [0.05, 0.1) is 24.0 Å². The van der Waals surface area contributed by atoms with Crippen molar-refractivity contribution in [3.05, 3.63) is 53.8 Å². The largest absolute Gasteiger partial charge is 0.494 e. The molecule has 5 nitrogen and oxygen atoms in total. The van der Waals surface area contributed by atoms with Crippen molar-refractivity contribution in [2.75, 3.05) is 24.7 Å². The van der Waals surface area contributed by atoms with E-state index in [9.17, 15) is 9.18 Å². The number of amides is 1. The second-order valence-corrected chi connectivity index (χ2v) is 8.73. The molecule has 1 amide bonds. The first kappa shape index (κ1) is 21.7. The molecule has 4 rings (SSSR count). The molecule has 0 bridgehead atoms. The number of unbranched alkanes of at least 4 members (excludes halogenated alkanes) is 2. The number of hydrogen-bond donors (Lipinski definition) is 0. The molecule has 0 radical (unpaired) electrons. The molecule has 1 fully saturated rings. The average molecular weight is 443 g/mol. The van der Waals surface area contributed by atoms with Crippen molar-refractivity contribution < 1.29 is 18.7 Å². The van der Waals surface area contributed by atoms with Crippen molar-refractivity contribution in [1.29, 1.82) is 0 Å². The summed E-state index contributed by atoms with van der Waals surface area (Å²) in [6, 6.07) is 12.1. The van der Waals surface area contributed by atoms with Gasteiger partial charge in [0.25, 0.3) is 5.91 Å². The van der Waals surface area contributed by atoms with Crippen LogP contribution in [0.25, 0.3) is 10.2 Å². The third-order valence-electron chi connectivity index (χ3n) is 5.34. The summed E-state index contributed by atoms with van der Waals surface area (Å²) >= 11 is 1.32. The van der Waals surface area contributed by atoms with Gasteiger partial charge in [-0.1, -0.05) is 43.2 Å². The van der Waals surface area contributed by atoms with Gasteiger partial charge in [0.1, 0.15) is 17.1 Å². The highest BCUT2D eigenvalue weighted by atomic mass is 32.1. The molecule has 2 aromatic carbocycles. The van der Waals surface area contributed by atoms with Crippen LogP contribution in [0.2, 0.25) is 0 Å². The van der Waals surface area contributed by atoms with E-state index >= 15 is 0 Å². The van der Waals surface area contributed by atoms with Crippen LogP contribution in [0.4, 0.5) is 9.52 Å². The minimum absolute atomic E-state index is 0.0470. The van der Waals surface area contributed by atoms with Crippen LogP contribution in [-0.2, 0) is 4.74 Å². The van der Waals surface area contributed by atoms with Gasteiger partial charge in [0, 0.05) is 12.2 Å². The van der Waals surface area contributed by atoms with E-state index in [1.54, 1.807) is 23.1 Å². The molecule has 2 heterocycles. The smallest absolute Gasteiger partial charge is 0.260 e. The SMILES string of the molecule is CCCCCOc1cccc(C(=O)N(CC2CCCO2)c2nc3c(F)cccc3s2)c1. The first-order valence-corrected chi connectivity index (χ1v) is 11.7. The van der Waals surface area contributed by atoms with Gasteiger partial charge in [0.2, 0.25) is 0 Å². The monoisotopic (exact) mass is 442 g/mol. The number of para-hydroxylation sites is 1. The van der Waals surface area contributed by atoms with E-state index in [2.05, 4.69) is 11.9 Å². The molecule has 1 aliphatic heterocycles. The normalized spacial score (nSPS) is 16.0. The lowest BCUT2D eigenvalue weighted by Crippen LogP contribution is -2.37. The van der Waals surface area contributed by atoms with Gasteiger partial charge in [-0.3, -0.25) is 9.69 Å². The number of nitrogens with zero attached hydrogens (tertiary/aromatic N) is 2. The van der Waals surface area contributed by atoms with E-state index in [0.717, 1.165) is 32.1 Å². The number of thiazole rings is 1. The molecule has 1 aliphatic rings. The van der Waals surface area contributed by atoms with Crippen LogP contribution in [0.15, 0.2) is 42.5 Å². The van der Waals surface area contributed by atoms with E-state index in [1.807, 2.05) is 18.2 Å². The molecule has 1 atom stereocenters. The van der Waals surface area contributed by atoms with Crippen LogP contribution in [0, 0.1) is 5.82 Å². The maximum absolute atomic E-state index is 14.2. The summed E-state index contributed by atoms with van der Waals surface area (Å²) in [4.78, 5) is 19.6. The zero-order valence-corrected chi connectivity index (χ0v) is 18.5. The molecular weight excluding hydrogens is 415 g/mol. The van der Waals surface area contributed by atoms with Gasteiger partial charge < -0.3 is 9.47 Å². The number of aromatic nitrogens is 1. The third-order valence-corrected chi connectivity index (χ3v) is 6.39. The standard InChI is InChI=1S/C24H27FN2O3S/c1-2-3-4-13-29-18-9-5-8-17(15-18)23(28)27(16-19-10-7-14-30-19)24-26-22-20(25)11-6-12-21(22)31-24/h5-6,8-9,11-12,15,19H,2-4,7,10,13-14,16H2,1H3. The summed E-state index contributed by atoms with van der Waals surface area (Å²) in [6.07, 6.45) is 5.04. The molecule has 0 aliphatic carbocycles. The maximum Gasteiger partial charge on any atom is 0.260 e. The highest BCUT2D eigenvalue weighted by Crippen LogP contribution is 2.32. The fraction of sp³-hybridized carbons (Fsp3) is 0.417. The Morgan fingerprint density at radius 1 is 1.29 bits per heavy atom. The number of benzene rings is 2. The number of carbonyl (C=O) groups excluding carboxylic acids is 1. The number of anilines is 1. The minimum atomic E-state index is -0.382. The molecule has 1 unspecified atom stereocenters.